The molecule has 0 heterocycles. The summed E-state index contributed by atoms with van der Waals surface area (Å²) >= 11 is 0. The van der Waals surface area contributed by atoms with E-state index in [1.165, 1.54) is 7.11 Å². The minimum atomic E-state index is -3.98. The predicted octanol–water partition coefficient (Wildman–Crippen LogP) is 5.86. The molecule has 2 unspecified atom stereocenters. The van der Waals surface area contributed by atoms with Gasteiger partial charge in [-0.05, 0) is 86.7 Å². The molecule has 0 saturated heterocycles. The van der Waals surface area contributed by atoms with Crippen molar-refractivity contribution < 1.29 is 28.4 Å². The van der Waals surface area contributed by atoms with E-state index in [2.05, 4.69) is 10.4 Å². The number of aryl methyl sites for hydroxylation is 4. The number of benzene rings is 4. The first-order valence-corrected chi connectivity index (χ1v) is 16.5. The van der Waals surface area contributed by atoms with Crippen LogP contribution in [0.1, 0.15) is 34.7 Å². The third-order valence-electron chi connectivity index (χ3n) is 7.94. The Morgan fingerprint density at radius 2 is 1.27 bits per heavy atom. The Bertz CT molecular complexity index is 1610. The minimum Gasteiger partial charge on any atom is -0.497 e. The summed E-state index contributed by atoms with van der Waals surface area (Å²) in [6.45, 7) is 9.32. The third kappa shape index (κ3) is 6.53. The van der Waals surface area contributed by atoms with Crippen LogP contribution in [0.5, 0.6) is 5.75 Å². The van der Waals surface area contributed by atoms with Gasteiger partial charge in [0.25, 0.3) is 0 Å². The Hall–Kier alpha value is -4.39. The summed E-state index contributed by atoms with van der Waals surface area (Å²) in [4.78, 5) is 28.6. The van der Waals surface area contributed by atoms with Gasteiger partial charge in [0.1, 0.15) is 5.75 Å². The summed E-state index contributed by atoms with van der Waals surface area (Å²) in [5, 5.41) is 7.73. The molecule has 236 valence electrons. The molecule has 8 nitrogen and oxygen atoms in total. The lowest BCUT2D eigenvalue weighted by atomic mass is 9.83. The molecule has 0 bridgehead atoms. The van der Waals surface area contributed by atoms with Crippen molar-refractivity contribution in [3.63, 3.8) is 0 Å². The number of anilines is 1. The van der Waals surface area contributed by atoms with Crippen LogP contribution in [-0.4, -0.2) is 38.8 Å². The molecule has 0 spiro atoms. The summed E-state index contributed by atoms with van der Waals surface area (Å²) < 4.78 is 32.6. The average Bonchev–Trinajstić information content (AvgIpc) is 3.03. The van der Waals surface area contributed by atoms with Crippen LogP contribution in [0.4, 0.5) is 5.69 Å². The summed E-state index contributed by atoms with van der Waals surface area (Å²) in [5.74, 6) is -0.932. The first-order chi connectivity index (χ1) is 21.5. The first kappa shape index (κ1) is 33.5. The number of methoxy groups -OCH3 is 2. The third-order valence-corrected chi connectivity index (χ3v) is 11.3. The maximum Gasteiger partial charge on any atom is 0.333 e. The molecular weight excluding hydrogens is 587 g/mol. The first-order valence-electron chi connectivity index (χ1n) is 14.8. The van der Waals surface area contributed by atoms with Crippen LogP contribution in [0, 0.1) is 27.7 Å². The van der Waals surface area contributed by atoms with Gasteiger partial charge in [0.05, 0.1) is 20.8 Å². The van der Waals surface area contributed by atoms with Gasteiger partial charge in [0.15, 0.2) is 11.6 Å². The van der Waals surface area contributed by atoms with Crippen molar-refractivity contribution in [1.82, 2.24) is 5.09 Å². The molecule has 4 aromatic rings. The van der Waals surface area contributed by atoms with E-state index >= 15 is 4.57 Å². The van der Waals surface area contributed by atoms with Crippen molar-refractivity contribution in [2.75, 3.05) is 26.1 Å². The summed E-state index contributed by atoms with van der Waals surface area (Å²) in [6.07, 6.45) is 0. The standard InChI is InChI=1S/C36H41N2O6P/c1-8-44-34(39)33(37-29-20-22-30(42-6)23-21-29)36(35(40)43-7,28-18-10-9-11-19-28)38-45(41,31-24(2)14-12-15-25(31)3)32-26(4)16-13-17-27(32)5/h9-23,33,37H,8H2,1-7H3,(H,38,41). The van der Waals surface area contributed by atoms with E-state index in [9.17, 15) is 9.59 Å². The molecule has 2 atom stereocenters. The highest BCUT2D eigenvalue weighted by Crippen LogP contribution is 2.49. The minimum absolute atomic E-state index is 0.0527. The van der Waals surface area contributed by atoms with Gasteiger partial charge in [0, 0.05) is 16.3 Å². The summed E-state index contributed by atoms with van der Waals surface area (Å²) in [7, 11) is -1.17. The van der Waals surface area contributed by atoms with Gasteiger partial charge in [-0.1, -0.05) is 66.7 Å². The maximum atomic E-state index is 16.2. The van der Waals surface area contributed by atoms with Gasteiger partial charge in [-0.15, -0.1) is 0 Å². The molecule has 0 aliphatic rings. The van der Waals surface area contributed by atoms with Gasteiger partial charge in [-0.25, -0.2) is 14.7 Å². The molecule has 0 aliphatic carbocycles. The second kappa shape index (κ2) is 14.1. The fraction of sp³-hybridized carbons (Fsp3) is 0.278. The van der Waals surface area contributed by atoms with Crippen molar-refractivity contribution in [3.05, 3.63) is 119 Å². The van der Waals surface area contributed by atoms with Crippen LogP contribution in [0.25, 0.3) is 0 Å². The van der Waals surface area contributed by atoms with Crippen LogP contribution in [0.3, 0.4) is 0 Å². The molecule has 4 rings (SSSR count). The Labute approximate surface area is 265 Å². The zero-order chi connectivity index (χ0) is 32.8. The molecule has 0 aromatic heterocycles. The second-order valence-corrected chi connectivity index (χ2v) is 13.3. The maximum absolute atomic E-state index is 16.2. The van der Waals surface area contributed by atoms with E-state index in [4.69, 9.17) is 14.2 Å². The number of rotatable bonds is 12. The molecule has 0 saturated carbocycles. The number of carbonyl (C=O) groups is 2. The molecule has 0 radical (unpaired) electrons. The molecule has 0 aliphatic heterocycles. The average molecular weight is 629 g/mol. The lowest BCUT2D eigenvalue weighted by Crippen LogP contribution is -2.64. The highest BCUT2D eigenvalue weighted by Gasteiger charge is 2.57. The van der Waals surface area contributed by atoms with Crippen molar-refractivity contribution in [2.24, 2.45) is 0 Å². The van der Waals surface area contributed by atoms with Crippen molar-refractivity contribution in [1.29, 1.82) is 0 Å². The Morgan fingerprint density at radius 3 is 1.71 bits per heavy atom. The summed E-state index contributed by atoms with van der Waals surface area (Å²) in [5.41, 5.74) is 1.93. The van der Waals surface area contributed by atoms with Crippen LogP contribution < -0.4 is 25.8 Å². The van der Waals surface area contributed by atoms with Gasteiger partial charge in [-0.2, -0.15) is 0 Å². The highest BCUT2D eigenvalue weighted by atomic mass is 31.2. The Morgan fingerprint density at radius 1 is 0.756 bits per heavy atom. The van der Waals surface area contributed by atoms with Crippen LogP contribution in [0.2, 0.25) is 0 Å². The number of carbonyl (C=O) groups excluding carboxylic acids is 2. The smallest absolute Gasteiger partial charge is 0.333 e. The Kier molecular flexibility index (Phi) is 10.5. The van der Waals surface area contributed by atoms with E-state index in [1.54, 1.807) is 68.6 Å². The van der Waals surface area contributed by atoms with Crippen molar-refractivity contribution in [2.45, 2.75) is 46.2 Å². The second-order valence-electron chi connectivity index (χ2n) is 10.9. The van der Waals surface area contributed by atoms with Gasteiger partial charge >= 0.3 is 11.9 Å². The lowest BCUT2D eigenvalue weighted by Gasteiger charge is -2.42. The van der Waals surface area contributed by atoms with Gasteiger partial charge in [-0.3, -0.25) is 4.57 Å². The van der Waals surface area contributed by atoms with E-state index in [-0.39, 0.29) is 6.61 Å². The van der Waals surface area contributed by atoms with E-state index < -0.39 is 30.8 Å². The van der Waals surface area contributed by atoms with E-state index in [1.807, 2.05) is 64.1 Å². The number of hydrogen-bond donors (Lipinski definition) is 2. The zero-order valence-corrected chi connectivity index (χ0v) is 27.7. The highest BCUT2D eigenvalue weighted by molar-refractivity contribution is 7.77. The molecule has 4 aromatic carbocycles. The molecule has 9 heteroatoms. The number of nitrogens with one attached hydrogen (secondary N) is 2. The molecule has 0 amide bonds. The number of hydrogen-bond acceptors (Lipinski definition) is 7. The molecule has 0 fully saturated rings. The topological polar surface area (TPSA) is 103 Å². The largest absolute Gasteiger partial charge is 0.497 e. The fourth-order valence-corrected chi connectivity index (χ4v) is 9.52. The van der Waals surface area contributed by atoms with Gasteiger partial charge < -0.3 is 19.5 Å². The van der Waals surface area contributed by atoms with Crippen LogP contribution in [0.15, 0.2) is 91.0 Å². The molecule has 2 N–H and O–H groups in total. The number of ether oxygens (including phenoxy) is 3. The van der Waals surface area contributed by atoms with Gasteiger partial charge in [0.2, 0.25) is 7.29 Å². The normalized spacial score (nSPS) is 13.3. The monoisotopic (exact) mass is 628 g/mol. The summed E-state index contributed by atoms with van der Waals surface area (Å²) in [6, 6.07) is 25.6. The molecule has 45 heavy (non-hydrogen) atoms. The van der Waals surface area contributed by atoms with Crippen LogP contribution >= 0.6 is 7.29 Å². The zero-order valence-electron chi connectivity index (χ0n) is 26.8. The number of esters is 2. The Balaban J connectivity index is 2.13. The quantitative estimate of drug-likeness (QED) is 0.149. The molecular formula is C36H41N2O6P. The van der Waals surface area contributed by atoms with Crippen LogP contribution in [-0.2, 0) is 29.2 Å². The lowest BCUT2D eigenvalue weighted by molar-refractivity contribution is -0.157. The van der Waals surface area contributed by atoms with Crippen molar-refractivity contribution in [3.8, 4) is 5.75 Å². The fourth-order valence-electron chi connectivity index (χ4n) is 5.94. The SMILES string of the molecule is CCOC(=O)C(Nc1ccc(OC)cc1)C(NP(=O)(c1c(C)cccc1C)c1c(C)cccc1C)(C(=O)OC)c1ccccc1. The predicted molar refractivity (Wildman–Crippen MR) is 179 cm³/mol. The van der Waals surface area contributed by atoms with Crippen molar-refractivity contribution >= 4 is 35.5 Å². The van der Waals surface area contributed by atoms with E-state index in [0.29, 0.717) is 27.6 Å². The van der Waals surface area contributed by atoms with E-state index in [0.717, 1.165) is 22.3 Å².